The minimum Gasteiger partial charge on any atom is -0.472 e. The van der Waals surface area contributed by atoms with E-state index in [2.05, 4.69) is 10.3 Å². The number of fused-ring (bicyclic) bond motifs is 3. The molecule has 0 aliphatic carbocycles. The summed E-state index contributed by atoms with van der Waals surface area (Å²) in [5, 5.41) is 4.57. The molecule has 0 spiro atoms. The maximum Gasteiger partial charge on any atom is 0.407 e. The molecule has 198 valence electrons. The van der Waals surface area contributed by atoms with Crippen molar-refractivity contribution in [1.29, 1.82) is 0 Å². The van der Waals surface area contributed by atoms with Crippen molar-refractivity contribution in [3.63, 3.8) is 0 Å². The highest BCUT2D eigenvalue weighted by Crippen LogP contribution is 2.30. The van der Waals surface area contributed by atoms with Crippen LogP contribution in [0.5, 0.6) is 5.88 Å². The van der Waals surface area contributed by atoms with Crippen LogP contribution in [0, 0.1) is 0 Å². The van der Waals surface area contributed by atoms with Crippen LogP contribution in [0.3, 0.4) is 0 Å². The highest BCUT2D eigenvalue weighted by molar-refractivity contribution is 5.91. The van der Waals surface area contributed by atoms with E-state index in [9.17, 15) is 14.4 Å². The lowest BCUT2D eigenvalue weighted by Gasteiger charge is -2.27. The van der Waals surface area contributed by atoms with E-state index in [1.54, 1.807) is 13.1 Å². The monoisotopic (exact) mass is 509 g/mol. The molecule has 1 aromatic heterocycles. The smallest absolute Gasteiger partial charge is 0.407 e. The van der Waals surface area contributed by atoms with Crippen molar-refractivity contribution in [1.82, 2.24) is 15.2 Å². The summed E-state index contributed by atoms with van der Waals surface area (Å²) in [5.74, 6) is -0.366. The number of carbonyl (C=O) groups is 3. The van der Waals surface area contributed by atoms with Crippen LogP contribution in [0.15, 0.2) is 36.5 Å². The molecule has 4 rings (SSSR count). The first-order chi connectivity index (χ1) is 18.0. The number of carbonyl (C=O) groups excluding carboxylic acids is 3. The number of esters is 1. The van der Waals surface area contributed by atoms with E-state index in [1.165, 1.54) is 4.90 Å². The molecule has 3 atom stereocenters. The average Bonchev–Trinajstić information content (AvgIpc) is 3.32. The van der Waals surface area contributed by atoms with Crippen molar-refractivity contribution in [3.05, 3.63) is 42.1 Å². The lowest BCUT2D eigenvalue weighted by molar-refractivity contribution is -0.153. The van der Waals surface area contributed by atoms with Crippen molar-refractivity contribution in [2.45, 2.75) is 70.6 Å². The fraction of sp³-hybridized carbons (Fsp3) is 0.500. The molecule has 3 heterocycles. The zero-order valence-corrected chi connectivity index (χ0v) is 21.5. The predicted molar refractivity (Wildman–Crippen MR) is 139 cm³/mol. The van der Waals surface area contributed by atoms with Crippen LogP contribution in [-0.2, 0) is 19.1 Å². The number of aromatic nitrogens is 1. The summed E-state index contributed by atoms with van der Waals surface area (Å²) in [4.78, 5) is 45.0. The van der Waals surface area contributed by atoms with Gasteiger partial charge in [0, 0.05) is 18.0 Å². The number of allylic oxidation sites excluding steroid dienone is 1. The zero-order valence-electron chi connectivity index (χ0n) is 21.5. The Morgan fingerprint density at radius 2 is 2.11 bits per heavy atom. The molecule has 1 N–H and O–H groups in total. The summed E-state index contributed by atoms with van der Waals surface area (Å²) in [5.41, 5.74) is 0.997. The second kappa shape index (κ2) is 12.6. The van der Waals surface area contributed by atoms with Crippen LogP contribution in [0.1, 0.15) is 57.9 Å². The number of ether oxygens (including phenoxy) is 3. The number of hydrogen-bond acceptors (Lipinski definition) is 7. The summed E-state index contributed by atoms with van der Waals surface area (Å²) in [6.45, 7) is 4.36. The van der Waals surface area contributed by atoms with Gasteiger partial charge in [-0.3, -0.25) is 4.79 Å². The fourth-order valence-corrected chi connectivity index (χ4v) is 4.74. The van der Waals surface area contributed by atoms with Crippen LogP contribution in [0.2, 0.25) is 0 Å². The third-order valence-corrected chi connectivity index (χ3v) is 6.63. The molecule has 1 aromatic carbocycles. The first kappa shape index (κ1) is 26.4. The Bertz CT molecular complexity index is 1150. The second-order valence-corrected chi connectivity index (χ2v) is 9.35. The largest absolute Gasteiger partial charge is 0.472 e. The molecule has 4 bridgehead atoms. The van der Waals surface area contributed by atoms with Crippen LogP contribution in [-0.4, -0.2) is 65.8 Å². The SMILES string of the molecule is CCCC[C@@H]1NC(=O)OCCCC=Cc2ccc3ccnc(c3c2)O[C@@H]2C[C@@H](C(=O)OCC)N(C2)C1=O. The Morgan fingerprint density at radius 1 is 1.24 bits per heavy atom. The van der Waals surface area contributed by atoms with Gasteiger partial charge in [0.25, 0.3) is 0 Å². The lowest BCUT2D eigenvalue weighted by Crippen LogP contribution is -2.52. The normalized spacial score (nSPS) is 22.6. The number of amides is 2. The van der Waals surface area contributed by atoms with Crippen molar-refractivity contribution in [2.24, 2.45) is 0 Å². The van der Waals surface area contributed by atoms with E-state index in [-0.39, 0.29) is 32.1 Å². The summed E-state index contributed by atoms with van der Waals surface area (Å²) in [6, 6.07) is 6.36. The lowest BCUT2D eigenvalue weighted by atomic mass is 10.1. The molecule has 2 aliphatic rings. The highest BCUT2D eigenvalue weighted by atomic mass is 16.5. The van der Waals surface area contributed by atoms with E-state index < -0.39 is 30.3 Å². The fourth-order valence-electron chi connectivity index (χ4n) is 4.74. The number of pyridine rings is 1. The van der Waals surface area contributed by atoms with Gasteiger partial charge in [-0.15, -0.1) is 0 Å². The summed E-state index contributed by atoms with van der Waals surface area (Å²) >= 11 is 0. The van der Waals surface area contributed by atoms with E-state index in [0.717, 1.165) is 35.6 Å². The standard InChI is InChI=1S/C28H35N3O6/c1-3-5-10-23-26(32)31-18-21(17-24(31)27(33)35-4-2)37-25-22-16-19(11-12-20(22)13-14-29-25)9-7-6-8-15-36-28(34)30-23/h7,9,11-14,16,21,23-24H,3-6,8,10,15,17-18H2,1-2H3,(H,30,34)/t21-,23+,24+/m1/s1. The van der Waals surface area contributed by atoms with Crippen LogP contribution < -0.4 is 10.1 Å². The summed E-state index contributed by atoms with van der Waals surface area (Å²) in [7, 11) is 0. The molecular formula is C28H35N3O6. The molecule has 0 radical (unpaired) electrons. The number of nitrogens with one attached hydrogen (secondary N) is 1. The topological polar surface area (TPSA) is 107 Å². The van der Waals surface area contributed by atoms with Gasteiger partial charge >= 0.3 is 12.1 Å². The third kappa shape index (κ3) is 6.58. The van der Waals surface area contributed by atoms with E-state index >= 15 is 0 Å². The summed E-state index contributed by atoms with van der Waals surface area (Å²) in [6.07, 6.45) is 8.34. The zero-order chi connectivity index (χ0) is 26.2. The van der Waals surface area contributed by atoms with E-state index in [4.69, 9.17) is 14.2 Å². The highest BCUT2D eigenvalue weighted by Gasteiger charge is 2.44. The average molecular weight is 510 g/mol. The van der Waals surface area contributed by atoms with Gasteiger partial charge in [0.15, 0.2) is 0 Å². The van der Waals surface area contributed by atoms with Crippen molar-refractivity contribution < 1.29 is 28.6 Å². The Labute approximate surface area is 217 Å². The number of alkyl carbamates (subject to hydrolysis) is 1. The predicted octanol–water partition coefficient (Wildman–Crippen LogP) is 4.24. The van der Waals surface area contributed by atoms with Crippen LogP contribution >= 0.6 is 0 Å². The number of nitrogens with zero attached hydrogens (tertiary/aromatic N) is 2. The second-order valence-electron chi connectivity index (χ2n) is 9.35. The summed E-state index contributed by atoms with van der Waals surface area (Å²) < 4.78 is 16.9. The Morgan fingerprint density at radius 3 is 2.92 bits per heavy atom. The van der Waals surface area contributed by atoms with Crippen LogP contribution in [0.4, 0.5) is 4.79 Å². The van der Waals surface area contributed by atoms with Crippen LogP contribution in [0.25, 0.3) is 16.8 Å². The Balaban J connectivity index is 1.68. The molecule has 37 heavy (non-hydrogen) atoms. The minimum absolute atomic E-state index is 0.180. The number of unbranched alkanes of at least 4 members (excludes halogenated alkanes) is 1. The van der Waals surface area contributed by atoms with Gasteiger partial charge in [0.1, 0.15) is 18.2 Å². The van der Waals surface area contributed by atoms with E-state index in [0.29, 0.717) is 18.7 Å². The number of benzene rings is 1. The molecule has 1 fully saturated rings. The van der Waals surface area contributed by atoms with Gasteiger partial charge in [0.05, 0.1) is 19.8 Å². The molecule has 2 amide bonds. The molecule has 0 saturated carbocycles. The third-order valence-electron chi connectivity index (χ3n) is 6.63. The van der Waals surface area contributed by atoms with Gasteiger partial charge in [-0.2, -0.15) is 0 Å². The number of hydrogen-bond donors (Lipinski definition) is 1. The first-order valence-electron chi connectivity index (χ1n) is 13.1. The maximum atomic E-state index is 13.7. The van der Waals surface area contributed by atoms with Gasteiger partial charge < -0.3 is 24.4 Å². The maximum absolute atomic E-state index is 13.7. The quantitative estimate of drug-likeness (QED) is 0.601. The molecule has 9 heteroatoms. The molecule has 0 unspecified atom stereocenters. The number of rotatable bonds is 5. The Hall–Kier alpha value is -3.62. The first-order valence-corrected chi connectivity index (χ1v) is 13.1. The number of cyclic esters (lactones) is 1. The molecule has 1 saturated heterocycles. The van der Waals surface area contributed by atoms with Crippen molar-refractivity contribution >= 4 is 34.8 Å². The van der Waals surface area contributed by atoms with Gasteiger partial charge in [0.2, 0.25) is 11.8 Å². The van der Waals surface area contributed by atoms with Gasteiger partial charge in [-0.1, -0.05) is 44.1 Å². The van der Waals surface area contributed by atoms with Crippen molar-refractivity contribution in [2.75, 3.05) is 19.8 Å². The molecule has 9 nitrogen and oxygen atoms in total. The minimum atomic E-state index is -0.810. The molecule has 2 aliphatic heterocycles. The van der Waals surface area contributed by atoms with Gasteiger partial charge in [-0.05, 0) is 49.3 Å². The molecular weight excluding hydrogens is 474 g/mol. The Kier molecular flexibility index (Phi) is 8.98. The van der Waals surface area contributed by atoms with Gasteiger partial charge in [-0.25, -0.2) is 14.6 Å². The van der Waals surface area contributed by atoms with E-state index in [1.807, 2.05) is 43.3 Å². The van der Waals surface area contributed by atoms with Crippen molar-refractivity contribution in [3.8, 4) is 5.88 Å². The molecule has 2 aromatic rings.